The Morgan fingerprint density at radius 2 is 2.25 bits per heavy atom. The van der Waals surface area contributed by atoms with Gasteiger partial charge in [0, 0.05) is 44.4 Å². The van der Waals surface area contributed by atoms with Crippen molar-refractivity contribution in [3.8, 4) is 0 Å². The van der Waals surface area contributed by atoms with Crippen LogP contribution in [-0.2, 0) is 26.6 Å². The van der Waals surface area contributed by atoms with E-state index in [4.69, 9.17) is 5.73 Å². The molecular formula is C12H19N3O. The first-order valence-electron chi connectivity index (χ1n) is 5.80. The predicted molar refractivity (Wildman–Crippen MR) is 64.2 cm³/mol. The van der Waals surface area contributed by atoms with Gasteiger partial charge < -0.3 is 10.3 Å². The van der Waals surface area contributed by atoms with Gasteiger partial charge in [0.25, 0.3) is 5.56 Å². The summed E-state index contributed by atoms with van der Waals surface area (Å²) in [7, 11) is 1.85. The molecule has 1 aromatic rings. The van der Waals surface area contributed by atoms with Crippen LogP contribution in [0.5, 0.6) is 0 Å². The predicted octanol–water partition coefficient (Wildman–Crippen LogP) is 0.222. The largest absolute Gasteiger partial charge is 0.326 e. The van der Waals surface area contributed by atoms with Crippen molar-refractivity contribution in [1.82, 2.24) is 9.47 Å². The molecule has 0 unspecified atom stereocenters. The van der Waals surface area contributed by atoms with Gasteiger partial charge in [-0.3, -0.25) is 9.69 Å². The summed E-state index contributed by atoms with van der Waals surface area (Å²) in [5, 5.41) is 0. The zero-order valence-corrected chi connectivity index (χ0v) is 9.99. The number of nitrogens with zero attached hydrogens (tertiary/aromatic N) is 2. The third-order valence-electron chi connectivity index (χ3n) is 3.43. The molecule has 4 heteroatoms. The molecule has 0 fully saturated rings. The Bertz CT molecular complexity index is 450. The highest BCUT2D eigenvalue weighted by Gasteiger charge is 2.18. The van der Waals surface area contributed by atoms with Crippen molar-refractivity contribution in [3.63, 3.8) is 0 Å². The van der Waals surface area contributed by atoms with Gasteiger partial charge in [0.2, 0.25) is 0 Å². The van der Waals surface area contributed by atoms with Crippen LogP contribution in [0.25, 0.3) is 0 Å². The molecule has 0 aromatic carbocycles. The van der Waals surface area contributed by atoms with Crippen LogP contribution >= 0.6 is 0 Å². The summed E-state index contributed by atoms with van der Waals surface area (Å²) in [6.07, 6.45) is 0.958. The molecule has 2 heterocycles. The van der Waals surface area contributed by atoms with E-state index in [0.717, 1.165) is 31.6 Å². The highest BCUT2D eigenvalue weighted by Crippen LogP contribution is 2.17. The van der Waals surface area contributed by atoms with E-state index < -0.39 is 0 Å². The molecule has 0 spiro atoms. The van der Waals surface area contributed by atoms with E-state index in [1.807, 2.05) is 13.1 Å². The molecule has 1 aliphatic heterocycles. The number of rotatable bonds is 2. The van der Waals surface area contributed by atoms with Crippen molar-refractivity contribution in [1.29, 1.82) is 0 Å². The Morgan fingerprint density at radius 1 is 1.50 bits per heavy atom. The molecule has 0 saturated carbocycles. The molecule has 4 nitrogen and oxygen atoms in total. The Balaban J connectivity index is 2.49. The van der Waals surface area contributed by atoms with E-state index in [9.17, 15) is 4.79 Å². The summed E-state index contributed by atoms with van der Waals surface area (Å²) in [6, 6.07) is 1.99. The monoisotopic (exact) mass is 221 g/mol. The normalized spacial score (nSPS) is 16.2. The average molecular weight is 221 g/mol. The number of hydrogen-bond donors (Lipinski definition) is 1. The maximum Gasteiger partial charge on any atom is 0.254 e. The van der Waals surface area contributed by atoms with Crippen LogP contribution in [-0.4, -0.2) is 22.6 Å². The molecular weight excluding hydrogens is 202 g/mol. The van der Waals surface area contributed by atoms with E-state index in [1.54, 1.807) is 4.57 Å². The Kier molecular flexibility index (Phi) is 3.12. The lowest BCUT2D eigenvalue weighted by Crippen LogP contribution is -2.36. The summed E-state index contributed by atoms with van der Waals surface area (Å²) in [4.78, 5) is 14.3. The quantitative estimate of drug-likeness (QED) is 0.777. The van der Waals surface area contributed by atoms with E-state index in [2.05, 4.69) is 11.8 Å². The van der Waals surface area contributed by atoms with Crippen molar-refractivity contribution in [2.24, 2.45) is 12.8 Å². The van der Waals surface area contributed by atoms with Gasteiger partial charge in [-0.15, -0.1) is 0 Å². The van der Waals surface area contributed by atoms with Gasteiger partial charge in [-0.25, -0.2) is 0 Å². The van der Waals surface area contributed by atoms with Crippen LogP contribution in [0.3, 0.4) is 0 Å². The van der Waals surface area contributed by atoms with Gasteiger partial charge in [-0.2, -0.15) is 0 Å². The Hall–Kier alpha value is -1.13. The second-order valence-electron chi connectivity index (χ2n) is 4.33. The first-order valence-corrected chi connectivity index (χ1v) is 5.80. The second kappa shape index (κ2) is 4.39. The van der Waals surface area contributed by atoms with E-state index in [0.29, 0.717) is 6.54 Å². The third kappa shape index (κ3) is 1.79. The highest BCUT2D eigenvalue weighted by atomic mass is 16.1. The number of pyridine rings is 1. The molecule has 2 rings (SSSR count). The molecule has 0 bridgehead atoms. The van der Waals surface area contributed by atoms with E-state index >= 15 is 0 Å². The van der Waals surface area contributed by atoms with E-state index in [-0.39, 0.29) is 5.56 Å². The SMILES string of the molecule is CCN1CCc2c(cc(CN)c(=O)n2C)C1. The fraction of sp³-hybridized carbons (Fsp3) is 0.583. The van der Waals surface area contributed by atoms with Crippen LogP contribution in [0, 0.1) is 0 Å². The van der Waals surface area contributed by atoms with Gasteiger partial charge in [0.1, 0.15) is 0 Å². The highest BCUT2D eigenvalue weighted by molar-refractivity contribution is 5.28. The molecule has 0 aliphatic carbocycles. The van der Waals surface area contributed by atoms with Gasteiger partial charge in [0.15, 0.2) is 0 Å². The smallest absolute Gasteiger partial charge is 0.254 e. The lowest BCUT2D eigenvalue weighted by Gasteiger charge is -2.29. The Labute approximate surface area is 95.7 Å². The van der Waals surface area contributed by atoms with Crippen molar-refractivity contribution >= 4 is 0 Å². The summed E-state index contributed by atoms with van der Waals surface area (Å²) in [5.74, 6) is 0. The standard InChI is InChI=1S/C12H19N3O/c1-3-15-5-4-11-10(8-15)6-9(7-13)12(16)14(11)2/h6H,3-5,7-8,13H2,1-2H3. The molecule has 2 N–H and O–H groups in total. The zero-order valence-electron chi connectivity index (χ0n) is 9.99. The number of aromatic nitrogens is 1. The van der Waals surface area contributed by atoms with Crippen LogP contribution in [0.1, 0.15) is 23.7 Å². The molecule has 0 radical (unpaired) electrons. The summed E-state index contributed by atoms with van der Waals surface area (Å²) in [5.41, 5.74) is 8.81. The third-order valence-corrected chi connectivity index (χ3v) is 3.43. The molecule has 0 atom stereocenters. The number of fused-ring (bicyclic) bond motifs is 1. The number of likely N-dealkylation sites (N-methyl/N-ethyl adjacent to an activating group) is 1. The zero-order chi connectivity index (χ0) is 11.7. The van der Waals surface area contributed by atoms with Gasteiger partial charge in [-0.1, -0.05) is 6.92 Å². The summed E-state index contributed by atoms with van der Waals surface area (Å²) < 4.78 is 1.77. The number of nitrogens with two attached hydrogens (primary N) is 1. The second-order valence-corrected chi connectivity index (χ2v) is 4.33. The van der Waals surface area contributed by atoms with Crippen molar-refractivity contribution in [2.45, 2.75) is 26.4 Å². The fourth-order valence-corrected chi connectivity index (χ4v) is 2.37. The van der Waals surface area contributed by atoms with Crippen molar-refractivity contribution in [2.75, 3.05) is 13.1 Å². The lowest BCUT2D eigenvalue weighted by molar-refractivity contribution is 0.262. The average Bonchev–Trinajstić information content (AvgIpc) is 2.33. The minimum absolute atomic E-state index is 0.0613. The fourth-order valence-electron chi connectivity index (χ4n) is 2.37. The van der Waals surface area contributed by atoms with Crippen LogP contribution in [0.15, 0.2) is 10.9 Å². The Morgan fingerprint density at radius 3 is 2.88 bits per heavy atom. The minimum Gasteiger partial charge on any atom is -0.326 e. The molecule has 1 aromatic heterocycles. The minimum atomic E-state index is 0.0613. The molecule has 1 aliphatic rings. The topological polar surface area (TPSA) is 51.3 Å². The van der Waals surface area contributed by atoms with Gasteiger partial charge >= 0.3 is 0 Å². The molecule has 0 saturated heterocycles. The van der Waals surface area contributed by atoms with Gasteiger partial charge in [0.05, 0.1) is 0 Å². The molecule has 88 valence electrons. The van der Waals surface area contributed by atoms with Crippen molar-refractivity contribution < 1.29 is 0 Å². The van der Waals surface area contributed by atoms with Crippen LogP contribution < -0.4 is 11.3 Å². The maximum atomic E-state index is 11.9. The summed E-state index contributed by atoms with van der Waals surface area (Å²) in [6.45, 7) is 5.52. The molecule has 16 heavy (non-hydrogen) atoms. The van der Waals surface area contributed by atoms with Crippen molar-refractivity contribution in [3.05, 3.63) is 33.2 Å². The first kappa shape index (κ1) is 11.4. The maximum absolute atomic E-state index is 11.9. The van der Waals surface area contributed by atoms with Gasteiger partial charge in [-0.05, 0) is 18.2 Å². The lowest BCUT2D eigenvalue weighted by atomic mass is 10.0. The molecule has 0 amide bonds. The summed E-state index contributed by atoms with van der Waals surface area (Å²) >= 11 is 0. The van der Waals surface area contributed by atoms with Crippen LogP contribution in [0.2, 0.25) is 0 Å². The number of hydrogen-bond acceptors (Lipinski definition) is 3. The van der Waals surface area contributed by atoms with E-state index in [1.165, 1.54) is 11.3 Å². The van der Waals surface area contributed by atoms with Crippen LogP contribution in [0.4, 0.5) is 0 Å². The first-order chi connectivity index (χ1) is 7.67.